The summed E-state index contributed by atoms with van der Waals surface area (Å²) in [4.78, 5) is 24.6. The topological polar surface area (TPSA) is 75.6 Å². The Hall–Kier alpha value is -2.04. The van der Waals surface area contributed by atoms with Crippen LogP contribution >= 0.6 is 0 Å². The molecule has 1 unspecified atom stereocenters. The molecule has 0 aromatic heterocycles. The van der Waals surface area contributed by atoms with Gasteiger partial charge < -0.3 is 15.2 Å². The summed E-state index contributed by atoms with van der Waals surface area (Å²) >= 11 is 0. The number of esters is 1. The van der Waals surface area contributed by atoms with Crippen LogP contribution in [0.15, 0.2) is 24.3 Å². The first kappa shape index (κ1) is 21.0. The van der Waals surface area contributed by atoms with Crippen molar-refractivity contribution in [1.82, 2.24) is 5.32 Å². The number of carbonyl (C=O) groups is 2. The molecule has 0 spiro atoms. The van der Waals surface area contributed by atoms with Crippen LogP contribution in [0, 0.1) is 16.7 Å². The number of nitrogens with one attached hydrogen (secondary N) is 1. The van der Waals surface area contributed by atoms with Crippen molar-refractivity contribution < 1.29 is 19.4 Å². The van der Waals surface area contributed by atoms with Crippen molar-refractivity contribution in [2.75, 3.05) is 6.73 Å². The van der Waals surface area contributed by atoms with Gasteiger partial charge in [-0.15, -0.1) is 0 Å². The molecule has 1 aromatic carbocycles. The second-order valence-electron chi connectivity index (χ2n) is 8.20. The van der Waals surface area contributed by atoms with E-state index in [2.05, 4.69) is 19.2 Å². The summed E-state index contributed by atoms with van der Waals surface area (Å²) in [7, 11) is 0. The minimum Gasteiger partial charge on any atom is -0.508 e. The number of amides is 1. The van der Waals surface area contributed by atoms with E-state index in [9.17, 15) is 14.7 Å². The lowest BCUT2D eigenvalue weighted by Crippen LogP contribution is -2.44. The molecule has 1 aromatic rings. The second kappa shape index (κ2) is 8.37. The van der Waals surface area contributed by atoms with Crippen molar-refractivity contribution in [3.05, 3.63) is 29.8 Å². The third kappa shape index (κ3) is 6.07. The SMILES string of the molecule is CC(C)CC(C)(C(=O)OCNC(=O)Cc1ccc(O)cc1)C(C)(C)C. The number of hydrogen-bond donors (Lipinski definition) is 2. The van der Waals surface area contributed by atoms with E-state index in [1.165, 1.54) is 12.1 Å². The molecule has 5 nitrogen and oxygen atoms in total. The highest BCUT2D eigenvalue weighted by Gasteiger charge is 2.45. The minimum atomic E-state index is -0.622. The maximum atomic E-state index is 12.6. The average Bonchev–Trinajstić information content (AvgIpc) is 2.47. The Balaban J connectivity index is 2.56. The van der Waals surface area contributed by atoms with Gasteiger partial charge in [-0.05, 0) is 42.4 Å². The summed E-state index contributed by atoms with van der Waals surface area (Å²) in [6.45, 7) is 12.0. The number of phenolic OH excluding ortho intramolecular Hbond substituents is 1. The van der Waals surface area contributed by atoms with E-state index >= 15 is 0 Å². The standard InChI is InChI=1S/C20H31NO4/c1-14(2)12-20(6,19(3,4)5)18(24)25-13-21-17(23)11-15-7-9-16(22)10-8-15/h7-10,14,22H,11-13H2,1-6H3,(H,21,23). The van der Waals surface area contributed by atoms with Crippen molar-refractivity contribution in [3.8, 4) is 5.75 Å². The maximum absolute atomic E-state index is 12.6. The van der Waals surface area contributed by atoms with Gasteiger partial charge in [0.15, 0.2) is 6.73 Å². The Labute approximate surface area is 150 Å². The van der Waals surface area contributed by atoms with E-state index in [-0.39, 0.29) is 36.2 Å². The first-order chi connectivity index (χ1) is 11.5. The summed E-state index contributed by atoms with van der Waals surface area (Å²) in [5, 5.41) is 11.8. The highest BCUT2D eigenvalue weighted by atomic mass is 16.5. The number of phenols is 1. The van der Waals surface area contributed by atoms with Crippen LogP contribution in [0.5, 0.6) is 5.75 Å². The van der Waals surface area contributed by atoms with Gasteiger partial charge >= 0.3 is 5.97 Å². The fourth-order valence-electron chi connectivity index (χ4n) is 2.72. The zero-order chi connectivity index (χ0) is 19.3. The smallest absolute Gasteiger partial charge is 0.314 e. The molecule has 2 N–H and O–H groups in total. The van der Waals surface area contributed by atoms with Crippen LogP contribution in [-0.4, -0.2) is 23.7 Å². The lowest BCUT2D eigenvalue weighted by Gasteiger charge is -2.40. The first-order valence-electron chi connectivity index (χ1n) is 8.67. The van der Waals surface area contributed by atoms with Gasteiger partial charge in [0.05, 0.1) is 11.8 Å². The number of benzene rings is 1. The maximum Gasteiger partial charge on any atom is 0.314 e. The largest absolute Gasteiger partial charge is 0.508 e. The Morgan fingerprint density at radius 2 is 1.68 bits per heavy atom. The van der Waals surface area contributed by atoms with Gasteiger partial charge in [-0.2, -0.15) is 0 Å². The number of rotatable bonds is 7. The number of aromatic hydroxyl groups is 1. The molecule has 0 aliphatic rings. The molecule has 0 radical (unpaired) electrons. The van der Waals surface area contributed by atoms with Crippen LogP contribution in [0.25, 0.3) is 0 Å². The van der Waals surface area contributed by atoms with Crippen LogP contribution in [0.4, 0.5) is 0 Å². The van der Waals surface area contributed by atoms with E-state index in [1.54, 1.807) is 12.1 Å². The molecule has 140 valence electrons. The molecule has 0 aliphatic carbocycles. The predicted octanol–water partition coefficient (Wildman–Crippen LogP) is 3.65. The lowest BCUT2D eigenvalue weighted by molar-refractivity contribution is -0.164. The van der Waals surface area contributed by atoms with Crippen molar-refractivity contribution in [2.45, 2.75) is 54.4 Å². The third-order valence-electron chi connectivity index (χ3n) is 4.70. The van der Waals surface area contributed by atoms with Crippen molar-refractivity contribution in [1.29, 1.82) is 0 Å². The molecule has 0 saturated heterocycles. The fourth-order valence-corrected chi connectivity index (χ4v) is 2.72. The van der Waals surface area contributed by atoms with E-state index in [1.807, 2.05) is 27.7 Å². The summed E-state index contributed by atoms with van der Waals surface area (Å²) in [6, 6.07) is 6.42. The quantitative estimate of drug-likeness (QED) is 0.582. The molecule has 0 bridgehead atoms. The Morgan fingerprint density at radius 1 is 1.12 bits per heavy atom. The van der Waals surface area contributed by atoms with E-state index in [0.717, 1.165) is 12.0 Å². The minimum absolute atomic E-state index is 0.139. The normalized spacial score (nSPS) is 14.0. The van der Waals surface area contributed by atoms with Crippen LogP contribution in [0.1, 0.15) is 53.5 Å². The summed E-state index contributed by atoms with van der Waals surface area (Å²) < 4.78 is 5.35. The molecule has 0 aliphatic heterocycles. The first-order valence-corrected chi connectivity index (χ1v) is 8.67. The lowest BCUT2D eigenvalue weighted by atomic mass is 9.64. The van der Waals surface area contributed by atoms with E-state index in [0.29, 0.717) is 5.92 Å². The number of carbonyl (C=O) groups excluding carboxylic acids is 2. The van der Waals surface area contributed by atoms with Crippen molar-refractivity contribution >= 4 is 11.9 Å². The van der Waals surface area contributed by atoms with Gasteiger partial charge in [-0.3, -0.25) is 9.59 Å². The van der Waals surface area contributed by atoms with Crippen LogP contribution in [-0.2, 0) is 20.7 Å². The highest BCUT2D eigenvalue weighted by molar-refractivity contribution is 5.80. The molecule has 1 atom stereocenters. The van der Waals surface area contributed by atoms with E-state index < -0.39 is 5.41 Å². The molecule has 0 heterocycles. The number of hydrogen-bond acceptors (Lipinski definition) is 4. The molecular weight excluding hydrogens is 318 g/mol. The molecule has 0 fully saturated rings. The van der Waals surface area contributed by atoms with Gasteiger partial charge in [-0.1, -0.05) is 46.8 Å². The Bertz CT molecular complexity index is 587. The van der Waals surface area contributed by atoms with Crippen LogP contribution in [0.3, 0.4) is 0 Å². The Kier molecular flexibility index (Phi) is 7.03. The van der Waals surface area contributed by atoms with Gasteiger partial charge in [0.1, 0.15) is 5.75 Å². The average molecular weight is 349 g/mol. The fraction of sp³-hybridized carbons (Fsp3) is 0.600. The van der Waals surface area contributed by atoms with Crippen LogP contribution < -0.4 is 5.32 Å². The number of ether oxygens (including phenoxy) is 1. The molecule has 25 heavy (non-hydrogen) atoms. The Morgan fingerprint density at radius 3 is 2.16 bits per heavy atom. The van der Waals surface area contributed by atoms with Crippen molar-refractivity contribution in [3.63, 3.8) is 0 Å². The molecule has 5 heteroatoms. The predicted molar refractivity (Wildman–Crippen MR) is 97.9 cm³/mol. The van der Waals surface area contributed by atoms with E-state index in [4.69, 9.17) is 4.74 Å². The van der Waals surface area contributed by atoms with Crippen LogP contribution in [0.2, 0.25) is 0 Å². The summed E-state index contributed by atoms with van der Waals surface area (Å²) in [6.07, 6.45) is 0.886. The molecule has 1 rings (SSSR count). The van der Waals surface area contributed by atoms with Gasteiger partial charge in [-0.25, -0.2) is 0 Å². The zero-order valence-corrected chi connectivity index (χ0v) is 16.2. The second-order valence-corrected chi connectivity index (χ2v) is 8.20. The zero-order valence-electron chi connectivity index (χ0n) is 16.2. The summed E-state index contributed by atoms with van der Waals surface area (Å²) in [5.74, 6) is -0.0102. The van der Waals surface area contributed by atoms with Gasteiger partial charge in [0.2, 0.25) is 5.91 Å². The molecule has 1 amide bonds. The monoisotopic (exact) mass is 349 g/mol. The third-order valence-corrected chi connectivity index (χ3v) is 4.70. The van der Waals surface area contributed by atoms with Crippen molar-refractivity contribution in [2.24, 2.45) is 16.7 Å². The van der Waals surface area contributed by atoms with Gasteiger partial charge in [0.25, 0.3) is 0 Å². The highest BCUT2D eigenvalue weighted by Crippen LogP contribution is 2.44. The molecular formula is C20H31NO4. The molecule has 0 saturated carbocycles. The van der Waals surface area contributed by atoms with Gasteiger partial charge in [0, 0.05) is 0 Å². The summed E-state index contributed by atoms with van der Waals surface area (Å²) in [5.41, 5.74) is -0.0891.